The van der Waals surface area contributed by atoms with E-state index in [-0.39, 0.29) is 28.9 Å². The van der Waals surface area contributed by atoms with Gasteiger partial charge in [-0.25, -0.2) is 8.42 Å². The fraction of sp³-hybridized carbons (Fsp3) is 0.632. The van der Waals surface area contributed by atoms with Crippen LogP contribution in [0.15, 0.2) is 29.2 Å². The normalized spacial score (nSPS) is 27.8. The molecule has 2 fully saturated rings. The Morgan fingerprint density at radius 1 is 1.12 bits per heavy atom. The van der Waals surface area contributed by atoms with Crippen LogP contribution in [0.2, 0.25) is 0 Å². The molecule has 6 nitrogen and oxygen atoms in total. The molecule has 144 valence electrons. The van der Waals surface area contributed by atoms with Crippen LogP contribution in [0.1, 0.15) is 56.3 Å². The van der Waals surface area contributed by atoms with Crippen LogP contribution in [0.5, 0.6) is 0 Å². The van der Waals surface area contributed by atoms with Gasteiger partial charge in [0.15, 0.2) is 0 Å². The van der Waals surface area contributed by atoms with Crippen molar-refractivity contribution < 1.29 is 13.2 Å². The van der Waals surface area contributed by atoms with Crippen molar-refractivity contribution in [3.05, 3.63) is 29.8 Å². The van der Waals surface area contributed by atoms with Gasteiger partial charge in [0.1, 0.15) is 0 Å². The van der Waals surface area contributed by atoms with Gasteiger partial charge >= 0.3 is 0 Å². The van der Waals surface area contributed by atoms with E-state index in [1.54, 1.807) is 28.6 Å². The SMILES string of the molecule is CC1NCCCC1NC(=O)c1ccc(S(=O)(=O)N2CCCCC2C)cc1. The lowest BCUT2D eigenvalue weighted by Gasteiger charge is -2.32. The second-order valence-corrected chi connectivity index (χ2v) is 9.34. The van der Waals surface area contributed by atoms with Gasteiger partial charge in [-0.2, -0.15) is 4.31 Å². The Labute approximate surface area is 156 Å². The second-order valence-electron chi connectivity index (χ2n) is 7.45. The molecule has 0 aromatic heterocycles. The van der Waals surface area contributed by atoms with Crippen LogP contribution in [-0.4, -0.2) is 49.8 Å². The van der Waals surface area contributed by atoms with Gasteiger partial charge in [-0.15, -0.1) is 0 Å². The maximum Gasteiger partial charge on any atom is 0.251 e. The third kappa shape index (κ3) is 4.10. The van der Waals surface area contributed by atoms with Crippen molar-refractivity contribution in [1.82, 2.24) is 14.9 Å². The lowest BCUT2D eigenvalue weighted by molar-refractivity contribution is 0.0919. The highest BCUT2D eigenvalue weighted by Gasteiger charge is 2.31. The third-order valence-corrected chi connectivity index (χ3v) is 7.57. The van der Waals surface area contributed by atoms with E-state index in [2.05, 4.69) is 17.6 Å². The topological polar surface area (TPSA) is 78.5 Å². The molecule has 0 radical (unpaired) electrons. The molecule has 0 aliphatic carbocycles. The highest BCUT2D eigenvalue weighted by molar-refractivity contribution is 7.89. The second kappa shape index (κ2) is 8.06. The summed E-state index contributed by atoms with van der Waals surface area (Å²) < 4.78 is 27.3. The fourth-order valence-corrected chi connectivity index (χ4v) is 5.53. The predicted molar refractivity (Wildman–Crippen MR) is 102 cm³/mol. The molecule has 1 aromatic carbocycles. The van der Waals surface area contributed by atoms with Gasteiger partial charge in [-0.3, -0.25) is 4.79 Å². The molecule has 3 atom stereocenters. The van der Waals surface area contributed by atoms with Crippen LogP contribution < -0.4 is 10.6 Å². The van der Waals surface area contributed by atoms with E-state index >= 15 is 0 Å². The summed E-state index contributed by atoms with van der Waals surface area (Å²) in [4.78, 5) is 12.7. The molecule has 2 N–H and O–H groups in total. The molecule has 7 heteroatoms. The van der Waals surface area contributed by atoms with Crippen LogP contribution in [0, 0.1) is 0 Å². The minimum absolute atomic E-state index is 0.0250. The Hall–Kier alpha value is -1.44. The van der Waals surface area contributed by atoms with Crippen LogP contribution in [0.3, 0.4) is 0 Å². The summed E-state index contributed by atoms with van der Waals surface area (Å²) in [7, 11) is -3.50. The zero-order valence-corrected chi connectivity index (χ0v) is 16.4. The van der Waals surface area contributed by atoms with Crippen LogP contribution >= 0.6 is 0 Å². The highest BCUT2D eigenvalue weighted by atomic mass is 32.2. The maximum absolute atomic E-state index is 12.9. The van der Waals surface area contributed by atoms with Gasteiger partial charge in [0.05, 0.1) is 4.90 Å². The van der Waals surface area contributed by atoms with E-state index in [1.807, 2.05) is 6.92 Å². The molecule has 3 rings (SSSR count). The molecule has 2 saturated heterocycles. The quantitative estimate of drug-likeness (QED) is 0.840. The van der Waals surface area contributed by atoms with Crippen molar-refractivity contribution in [1.29, 1.82) is 0 Å². The van der Waals surface area contributed by atoms with Crippen molar-refractivity contribution in [3.63, 3.8) is 0 Å². The van der Waals surface area contributed by atoms with Gasteiger partial charge in [0.25, 0.3) is 5.91 Å². The number of hydrogen-bond donors (Lipinski definition) is 2. The van der Waals surface area contributed by atoms with Gasteiger partial charge in [-0.05, 0) is 70.3 Å². The Balaban J connectivity index is 1.70. The van der Waals surface area contributed by atoms with Crippen molar-refractivity contribution >= 4 is 15.9 Å². The first kappa shape index (κ1) is 19.3. The summed E-state index contributed by atoms with van der Waals surface area (Å²) in [5.41, 5.74) is 0.494. The van der Waals surface area contributed by atoms with Gasteiger partial charge < -0.3 is 10.6 Å². The Bertz CT molecular complexity index is 733. The number of piperidine rings is 2. The van der Waals surface area contributed by atoms with Gasteiger partial charge in [0.2, 0.25) is 10.0 Å². The zero-order chi connectivity index (χ0) is 18.7. The van der Waals surface area contributed by atoms with Crippen molar-refractivity contribution in [2.45, 2.75) is 69.0 Å². The first-order valence-electron chi connectivity index (χ1n) is 9.56. The standard InChI is InChI=1S/C19H29N3O3S/c1-14-6-3-4-13-22(14)26(24,25)17-10-8-16(9-11-17)19(23)21-18-7-5-12-20-15(18)2/h8-11,14-15,18,20H,3-7,12-13H2,1-2H3,(H,21,23). The van der Waals surface area contributed by atoms with Crippen LogP contribution in [-0.2, 0) is 10.0 Å². The van der Waals surface area contributed by atoms with E-state index in [0.717, 1.165) is 38.6 Å². The number of sulfonamides is 1. The number of nitrogens with zero attached hydrogens (tertiary/aromatic N) is 1. The van der Waals surface area contributed by atoms with Crippen molar-refractivity contribution in [2.24, 2.45) is 0 Å². The van der Waals surface area contributed by atoms with Gasteiger partial charge in [-0.1, -0.05) is 6.42 Å². The number of rotatable bonds is 4. The Morgan fingerprint density at radius 3 is 2.50 bits per heavy atom. The third-order valence-electron chi connectivity index (χ3n) is 5.54. The minimum Gasteiger partial charge on any atom is -0.348 e. The number of amides is 1. The predicted octanol–water partition coefficient (Wildman–Crippen LogP) is 2.12. The van der Waals surface area contributed by atoms with Gasteiger partial charge in [0, 0.05) is 30.2 Å². The van der Waals surface area contributed by atoms with Crippen LogP contribution in [0.25, 0.3) is 0 Å². The average molecular weight is 380 g/mol. The van der Waals surface area contributed by atoms with Crippen molar-refractivity contribution in [3.8, 4) is 0 Å². The maximum atomic E-state index is 12.9. The van der Waals surface area contributed by atoms with E-state index in [9.17, 15) is 13.2 Å². The summed E-state index contributed by atoms with van der Waals surface area (Å²) in [5, 5.41) is 6.41. The highest BCUT2D eigenvalue weighted by Crippen LogP contribution is 2.25. The molecule has 0 bridgehead atoms. The monoisotopic (exact) mass is 379 g/mol. The number of nitrogens with one attached hydrogen (secondary N) is 2. The average Bonchev–Trinajstić information content (AvgIpc) is 2.64. The molecule has 2 aliphatic heterocycles. The molecule has 3 unspecified atom stereocenters. The molecule has 1 aromatic rings. The van der Waals surface area contributed by atoms with Crippen molar-refractivity contribution in [2.75, 3.05) is 13.1 Å². The Morgan fingerprint density at radius 2 is 1.85 bits per heavy atom. The molecule has 2 aliphatic rings. The molecule has 2 heterocycles. The zero-order valence-electron chi connectivity index (χ0n) is 15.6. The van der Waals surface area contributed by atoms with Crippen LogP contribution in [0.4, 0.5) is 0 Å². The van der Waals surface area contributed by atoms with E-state index in [0.29, 0.717) is 12.1 Å². The lowest BCUT2D eigenvalue weighted by atomic mass is 9.99. The fourth-order valence-electron chi connectivity index (χ4n) is 3.84. The summed E-state index contributed by atoms with van der Waals surface area (Å²) in [5.74, 6) is -0.152. The summed E-state index contributed by atoms with van der Waals surface area (Å²) in [6.45, 7) is 5.57. The molecule has 0 saturated carbocycles. The molecule has 1 amide bonds. The van der Waals surface area contributed by atoms with E-state index in [4.69, 9.17) is 0 Å². The number of benzene rings is 1. The smallest absolute Gasteiger partial charge is 0.251 e. The first-order valence-corrected chi connectivity index (χ1v) is 11.0. The van der Waals surface area contributed by atoms with E-state index in [1.165, 1.54) is 0 Å². The molecule has 26 heavy (non-hydrogen) atoms. The number of carbonyl (C=O) groups is 1. The largest absolute Gasteiger partial charge is 0.348 e. The number of hydrogen-bond acceptors (Lipinski definition) is 4. The Kier molecular flexibility index (Phi) is 5.99. The summed E-state index contributed by atoms with van der Waals surface area (Å²) in [6, 6.07) is 6.69. The summed E-state index contributed by atoms with van der Waals surface area (Å²) in [6.07, 6.45) is 4.87. The first-order chi connectivity index (χ1) is 12.4. The minimum atomic E-state index is -3.50. The molecular formula is C19H29N3O3S. The molecule has 0 spiro atoms. The summed E-state index contributed by atoms with van der Waals surface area (Å²) >= 11 is 0. The molecular weight excluding hydrogens is 350 g/mol. The number of carbonyl (C=O) groups excluding carboxylic acids is 1. The van der Waals surface area contributed by atoms with E-state index < -0.39 is 10.0 Å². The lowest BCUT2D eigenvalue weighted by Crippen LogP contribution is -2.51.